The van der Waals surface area contributed by atoms with Gasteiger partial charge in [0.2, 0.25) is 11.8 Å². The van der Waals surface area contributed by atoms with E-state index in [1.54, 1.807) is 0 Å². The van der Waals surface area contributed by atoms with Gasteiger partial charge in [0.1, 0.15) is 0 Å². The minimum Gasteiger partial charge on any atom is -0.370 e. The van der Waals surface area contributed by atoms with Gasteiger partial charge in [0.15, 0.2) is 5.72 Å². The van der Waals surface area contributed by atoms with Gasteiger partial charge in [-0.05, 0) is 86.4 Å². The predicted octanol–water partition coefficient (Wildman–Crippen LogP) is 4.00. The molecule has 0 aliphatic carbocycles. The number of hydrogen-bond donors (Lipinski definition) is 5. The Bertz CT molecular complexity index is 682. The van der Waals surface area contributed by atoms with Gasteiger partial charge in [-0.2, -0.15) is 0 Å². The number of carbonyl (C=O) groups excluding carboxylic acids is 2. The molecule has 6 aliphatic rings. The third-order valence-electron chi connectivity index (χ3n) is 7.67. The Kier molecular flexibility index (Phi) is 12.3. The summed E-state index contributed by atoms with van der Waals surface area (Å²) in [5.74, 6) is 1.52. The number of aliphatic hydroxyl groups is 1. The normalized spacial score (nSPS) is 33.6. The lowest BCUT2D eigenvalue weighted by Crippen LogP contribution is -2.56. The summed E-state index contributed by atoms with van der Waals surface area (Å²) in [6.07, 6.45) is 6.81. The van der Waals surface area contributed by atoms with E-state index < -0.39 is 11.1 Å². The van der Waals surface area contributed by atoms with Crippen LogP contribution in [0.25, 0.3) is 0 Å². The van der Waals surface area contributed by atoms with Crippen molar-refractivity contribution in [3.8, 4) is 0 Å². The molecule has 6 saturated heterocycles. The lowest BCUT2D eigenvalue weighted by Gasteiger charge is -2.33. The van der Waals surface area contributed by atoms with Gasteiger partial charge in [-0.1, -0.05) is 64.9 Å². The van der Waals surface area contributed by atoms with Crippen LogP contribution in [0.4, 0.5) is 0 Å². The maximum absolute atomic E-state index is 12.0. The molecule has 6 fully saturated rings. The minimum absolute atomic E-state index is 0.0671. The first-order valence-corrected chi connectivity index (χ1v) is 16.3. The van der Waals surface area contributed by atoms with E-state index in [2.05, 4.69) is 43.8 Å². The van der Waals surface area contributed by atoms with E-state index in [9.17, 15) is 14.7 Å². The molecule has 0 spiro atoms. The molecule has 6 rings (SSSR count). The van der Waals surface area contributed by atoms with E-state index >= 15 is 0 Å². The molecule has 210 valence electrons. The van der Waals surface area contributed by atoms with Crippen LogP contribution in [0.15, 0.2) is 0 Å². The predicted molar refractivity (Wildman–Crippen MR) is 157 cm³/mol. The summed E-state index contributed by atoms with van der Waals surface area (Å²) in [5, 5.41) is 16.7. The topological polar surface area (TPSA) is 84.9 Å². The van der Waals surface area contributed by atoms with E-state index in [-0.39, 0.29) is 17.2 Å². The molecule has 7 nitrogen and oxygen atoms in total. The van der Waals surface area contributed by atoms with Crippen molar-refractivity contribution >= 4 is 45.0 Å². The molecule has 0 aromatic carbocycles. The van der Waals surface area contributed by atoms with Crippen molar-refractivity contribution in [3.63, 3.8) is 0 Å². The molecule has 0 radical (unpaired) electrons. The zero-order valence-electron chi connectivity index (χ0n) is 23.2. The second-order valence-corrected chi connectivity index (χ2v) is 15.3. The number of nitrogens with zero attached hydrogens (tertiary/aromatic N) is 2. The first kappa shape index (κ1) is 32.1. The highest BCUT2D eigenvalue weighted by atomic mass is 33.5. The number of piperidine rings is 2. The minimum atomic E-state index is -1.03. The first-order valence-electron chi connectivity index (χ1n) is 13.4. The highest BCUT2D eigenvalue weighted by Gasteiger charge is 2.41. The Morgan fingerprint density at radius 2 is 1.33 bits per heavy atom. The van der Waals surface area contributed by atoms with Crippen molar-refractivity contribution in [1.29, 1.82) is 0 Å². The second-order valence-electron chi connectivity index (χ2n) is 13.1. The van der Waals surface area contributed by atoms with E-state index in [1.165, 1.54) is 32.4 Å². The summed E-state index contributed by atoms with van der Waals surface area (Å²) in [4.78, 5) is 28.7. The van der Waals surface area contributed by atoms with Crippen LogP contribution in [0.3, 0.4) is 0 Å². The summed E-state index contributed by atoms with van der Waals surface area (Å²) in [6, 6.07) is 0.377. The Balaban J connectivity index is 0.000000229. The molecule has 2 atom stereocenters. The summed E-state index contributed by atoms with van der Waals surface area (Å²) < 4.78 is 0. The Morgan fingerprint density at radius 3 is 1.83 bits per heavy atom. The number of nitrogens with one attached hydrogen (secondary N) is 2. The Hall–Kier alpha value is -0.130. The van der Waals surface area contributed by atoms with E-state index in [1.807, 2.05) is 41.5 Å². The lowest BCUT2D eigenvalue weighted by molar-refractivity contribution is -0.138. The molecule has 3 N–H and O–H groups in total. The van der Waals surface area contributed by atoms with Crippen molar-refractivity contribution in [2.75, 3.05) is 39.3 Å². The summed E-state index contributed by atoms with van der Waals surface area (Å²) in [6.45, 7) is 17.8. The quantitative estimate of drug-likeness (QED) is 0.199. The Morgan fingerprint density at radius 1 is 0.861 bits per heavy atom. The maximum atomic E-state index is 12.0. The molecule has 2 unspecified atom stereocenters. The highest BCUT2D eigenvalue weighted by Crippen LogP contribution is 2.32. The van der Waals surface area contributed by atoms with Gasteiger partial charge < -0.3 is 20.6 Å². The number of amides is 2. The summed E-state index contributed by atoms with van der Waals surface area (Å²) >= 11 is 7.14. The van der Waals surface area contributed by atoms with Crippen LogP contribution in [-0.2, 0) is 9.59 Å². The zero-order valence-corrected chi connectivity index (χ0v) is 25.8. The molecule has 10 heteroatoms. The number of thiol groups is 2. The molecule has 0 aromatic rings. The fourth-order valence-electron chi connectivity index (χ4n) is 5.45. The monoisotopic (exact) mass is 562 g/mol. The molecule has 2 amide bonds. The number of fused-ring (bicyclic) bond motifs is 8. The van der Waals surface area contributed by atoms with E-state index in [4.69, 9.17) is 0 Å². The molecule has 6 aliphatic heterocycles. The molecule has 4 bridgehead atoms. The van der Waals surface area contributed by atoms with Crippen molar-refractivity contribution in [1.82, 2.24) is 20.4 Å². The van der Waals surface area contributed by atoms with Crippen molar-refractivity contribution < 1.29 is 14.7 Å². The van der Waals surface area contributed by atoms with Gasteiger partial charge in [-0.15, -0.1) is 0 Å². The maximum Gasteiger partial charge on any atom is 0.227 e. The average molecular weight is 563 g/mol. The van der Waals surface area contributed by atoms with Crippen LogP contribution in [-0.4, -0.2) is 77.8 Å². The zero-order chi connectivity index (χ0) is 27.1. The lowest BCUT2D eigenvalue weighted by atomic mass is 9.90. The smallest absolute Gasteiger partial charge is 0.227 e. The largest absolute Gasteiger partial charge is 0.370 e. The van der Waals surface area contributed by atoms with Crippen LogP contribution in [0.2, 0.25) is 0 Å². The van der Waals surface area contributed by atoms with Crippen LogP contribution in [0.5, 0.6) is 0 Å². The third kappa shape index (κ3) is 10.6. The van der Waals surface area contributed by atoms with Gasteiger partial charge in [-0.3, -0.25) is 14.5 Å². The molecule has 0 saturated carbocycles. The highest BCUT2D eigenvalue weighted by molar-refractivity contribution is 9.01. The fourth-order valence-corrected chi connectivity index (χ4v) is 5.45. The number of hydrogen-bond acceptors (Lipinski definition) is 8. The van der Waals surface area contributed by atoms with E-state index in [0.29, 0.717) is 24.9 Å². The standard InChI is InChI=1S/C13H24N2O2.C13H24N2O.H2S3/c1-12(2,3)11(16)14-13(17)8-10-4-6-15(9-13)7-5-10;1-13(2,3)12(16)14-11-8-10-4-6-15(9-11)7-5-10;1-3-2/h10,17H,4-9H2,1-3H3,(H,14,16);10-11H,4-9H2,1-3H3,(H,14,16);1-2H. The van der Waals surface area contributed by atoms with E-state index in [0.717, 1.165) is 48.2 Å². The van der Waals surface area contributed by atoms with Gasteiger partial charge in [0, 0.05) is 30.0 Å². The molecule has 0 aromatic heterocycles. The van der Waals surface area contributed by atoms with Crippen molar-refractivity contribution in [3.05, 3.63) is 0 Å². The van der Waals surface area contributed by atoms with Gasteiger partial charge in [-0.25, -0.2) is 0 Å². The SMILES string of the molecule is CC(C)(C)C(=O)NC1(O)CC2CCN(CC2)C1.CC(C)(C)C(=O)NC1CC2CCN(CC2)C1.SSS. The van der Waals surface area contributed by atoms with Crippen molar-refractivity contribution in [2.45, 2.75) is 91.8 Å². The number of carbonyl (C=O) groups is 2. The molecular formula is C26H50N4O3S3. The van der Waals surface area contributed by atoms with Gasteiger partial charge in [0.05, 0.1) is 0 Å². The van der Waals surface area contributed by atoms with Gasteiger partial charge >= 0.3 is 0 Å². The van der Waals surface area contributed by atoms with Crippen LogP contribution in [0, 0.1) is 22.7 Å². The van der Waals surface area contributed by atoms with Crippen LogP contribution in [0.1, 0.15) is 80.1 Å². The number of rotatable bonds is 2. The first-order chi connectivity index (χ1) is 16.6. The molecular weight excluding hydrogens is 513 g/mol. The van der Waals surface area contributed by atoms with Crippen molar-refractivity contribution in [2.24, 2.45) is 22.7 Å². The van der Waals surface area contributed by atoms with Gasteiger partial charge in [0.25, 0.3) is 0 Å². The summed E-state index contributed by atoms with van der Waals surface area (Å²) in [5.41, 5.74) is -1.74. The molecule has 6 heterocycles. The second kappa shape index (κ2) is 13.8. The van der Waals surface area contributed by atoms with Crippen LogP contribution >= 0.6 is 33.1 Å². The third-order valence-corrected chi connectivity index (χ3v) is 7.67. The summed E-state index contributed by atoms with van der Waals surface area (Å²) in [7, 11) is 1.14. The van der Waals surface area contributed by atoms with Crippen LogP contribution < -0.4 is 10.6 Å². The fraction of sp³-hybridized carbons (Fsp3) is 0.923. The Labute approximate surface area is 233 Å². The average Bonchev–Trinajstić information content (AvgIpc) is 3.20. The molecule has 36 heavy (non-hydrogen) atoms.